The molecule has 9 nitrogen and oxygen atoms in total. The fourth-order valence-corrected chi connectivity index (χ4v) is 3.33. The molecule has 2 heterocycles. The Morgan fingerprint density at radius 2 is 1.78 bits per heavy atom. The van der Waals surface area contributed by atoms with Gasteiger partial charge in [0.25, 0.3) is 0 Å². The number of quaternary nitrogens is 1. The molecule has 0 aromatic heterocycles. The molecule has 27 heavy (non-hydrogen) atoms. The Balaban J connectivity index is 1.87. The maximum atomic E-state index is 12.7. The number of carboxylic acid groups (broad SMARTS) is 1. The van der Waals surface area contributed by atoms with Gasteiger partial charge in [-0.15, -0.1) is 0 Å². The number of nitrogens with zero attached hydrogens (tertiary/aromatic N) is 1. The molecule has 0 aromatic carbocycles. The molecule has 0 saturated carbocycles. The molecule has 1 amide bonds. The lowest BCUT2D eigenvalue weighted by molar-refractivity contribution is -0.888. The van der Waals surface area contributed by atoms with Crippen molar-refractivity contribution in [3.8, 4) is 0 Å². The fraction of sp³-hybridized carbons (Fsp3) is 0.722. The summed E-state index contributed by atoms with van der Waals surface area (Å²) in [6.45, 7) is 1.75. The molecule has 1 fully saturated rings. The number of carboxylic acids is 1. The van der Waals surface area contributed by atoms with Crippen molar-refractivity contribution in [1.29, 1.82) is 0 Å². The van der Waals surface area contributed by atoms with Crippen LogP contribution in [0.4, 0.5) is 0 Å². The summed E-state index contributed by atoms with van der Waals surface area (Å²) in [5, 5.41) is 13.4. The fourth-order valence-electron chi connectivity index (χ4n) is 3.33. The number of rotatable bonds is 11. The number of carbonyl (C=O) groups excluding carboxylic acids is 3. The predicted molar refractivity (Wildman–Crippen MR) is 92.1 cm³/mol. The molecule has 2 aliphatic heterocycles. The van der Waals surface area contributed by atoms with Gasteiger partial charge in [-0.2, -0.15) is 0 Å². The molecular formula is C18H28N2O7. The number of ether oxygens (including phenoxy) is 3. The zero-order chi connectivity index (χ0) is 20.0. The molecule has 1 saturated heterocycles. The SMILES string of the molecule is COCCOC(=O)C1C(C(=O)NCC[N+](C)(C)CCC(=O)[O-])[C@H]2C=C[C@@H]1O2. The lowest BCUT2D eigenvalue weighted by Crippen LogP contribution is -2.49. The van der Waals surface area contributed by atoms with Crippen LogP contribution in [0.15, 0.2) is 12.2 Å². The van der Waals surface area contributed by atoms with Crippen molar-refractivity contribution in [3.05, 3.63) is 12.2 Å². The van der Waals surface area contributed by atoms with E-state index in [9.17, 15) is 19.5 Å². The number of aliphatic carboxylic acids is 1. The van der Waals surface area contributed by atoms with Gasteiger partial charge in [-0.05, 0) is 0 Å². The van der Waals surface area contributed by atoms with Crippen LogP contribution in [-0.2, 0) is 28.6 Å². The Morgan fingerprint density at radius 1 is 1.11 bits per heavy atom. The lowest BCUT2D eigenvalue weighted by Gasteiger charge is -2.30. The van der Waals surface area contributed by atoms with Crippen LogP contribution >= 0.6 is 0 Å². The van der Waals surface area contributed by atoms with E-state index in [-0.39, 0.29) is 18.9 Å². The highest BCUT2D eigenvalue weighted by atomic mass is 16.6. The molecule has 9 heteroatoms. The first-order valence-corrected chi connectivity index (χ1v) is 9.04. The molecule has 1 N–H and O–H groups in total. The first-order chi connectivity index (χ1) is 12.7. The van der Waals surface area contributed by atoms with Crippen molar-refractivity contribution in [2.45, 2.75) is 18.6 Å². The molecule has 4 atom stereocenters. The van der Waals surface area contributed by atoms with Gasteiger partial charge in [0.05, 0.1) is 58.5 Å². The number of likely N-dealkylation sites (N-methyl/N-ethyl adjacent to an activating group) is 1. The van der Waals surface area contributed by atoms with E-state index in [1.165, 1.54) is 7.11 Å². The van der Waals surface area contributed by atoms with Crippen molar-refractivity contribution in [2.24, 2.45) is 11.8 Å². The molecule has 2 unspecified atom stereocenters. The summed E-state index contributed by atoms with van der Waals surface area (Å²) in [5.74, 6) is -3.12. The first kappa shape index (κ1) is 21.3. The van der Waals surface area contributed by atoms with Crippen molar-refractivity contribution in [1.82, 2.24) is 5.32 Å². The van der Waals surface area contributed by atoms with E-state index in [2.05, 4.69) is 5.32 Å². The largest absolute Gasteiger partial charge is 0.550 e. The summed E-state index contributed by atoms with van der Waals surface area (Å²) >= 11 is 0. The standard InChI is InChI=1S/C18H28N2O7/c1-20(2,8-6-14(21)22)9-7-19-17(23)15-12-4-5-13(27-12)16(15)18(24)26-11-10-25-3/h4-5,12-13,15-16H,6-11H2,1-3H3,(H-,19,21,22,23)/t12-,13+,15?,16?/m1/s1. The molecule has 2 bridgehead atoms. The van der Waals surface area contributed by atoms with Gasteiger partial charge >= 0.3 is 5.97 Å². The van der Waals surface area contributed by atoms with E-state index in [0.29, 0.717) is 30.7 Å². The summed E-state index contributed by atoms with van der Waals surface area (Å²) in [6, 6.07) is 0. The molecule has 0 radical (unpaired) electrons. The second kappa shape index (κ2) is 9.29. The minimum absolute atomic E-state index is 0.0403. The van der Waals surface area contributed by atoms with E-state index in [1.807, 2.05) is 14.1 Å². The number of amides is 1. The Hall–Kier alpha value is -1.97. The highest BCUT2D eigenvalue weighted by Gasteiger charge is 2.53. The summed E-state index contributed by atoms with van der Waals surface area (Å²) < 4.78 is 16.2. The first-order valence-electron chi connectivity index (χ1n) is 9.04. The van der Waals surface area contributed by atoms with Crippen LogP contribution in [-0.4, -0.2) is 88.6 Å². The molecular weight excluding hydrogens is 356 g/mol. The molecule has 2 rings (SSSR count). The van der Waals surface area contributed by atoms with Crippen molar-refractivity contribution < 1.29 is 38.2 Å². The summed E-state index contributed by atoms with van der Waals surface area (Å²) in [7, 11) is 5.28. The quantitative estimate of drug-likeness (QED) is 0.191. The number of nitrogens with one attached hydrogen (secondary N) is 1. The van der Waals surface area contributed by atoms with Crippen LogP contribution in [0.1, 0.15) is 6.42 Å². The highest BCUT2D eigenvalue weighted by Crippen LogP contribution is 2.39. The Bertz CT molecular complexity index is 590. The predicted octanol–water partition coefficient (Wildman–Crippen LogP) is -1.92. The maximum Gasteiger partial charge on any atom is 0.312 e. The Labute approximate surface area is 158 Å². The van der Waals surface area contributed by atoms with E-state index in [4.69, 9.17) is 14.2 Å². The van der Waals surface area contributed by atoms with Crippen molar-refractivity contribution in [3.63, 3.8) is 0 Å². The van der Waals surface area contributed by atoms with E-state index < -0.39 is 36.0 Å². The zero-order valence-corrected chi connectivity index (χ0v) is 16.0. The number of methoxy groups -OCH3 is 1. The normalized spacial score (nSPS) is 26.2. The maximum absolute atomic E-state index is 12.7. The van der Waals surface area contributed by atoms with Crippen LogP contribution in [0.25, 0.3) is 0 Å². The number of hydrogen-bond donors (Lipinski definition) is 1. The van der Waals surface area contributed by atoms with Gasteiger partial charge in [0.1, 0.15) is 12.5 Å². The smallest absolute Gasteiger partial charge is 0.312 e. The number of hydrogen-bond acceptors (Lipinski definition) is 7. The van der Waals surface area contributed by atoms with Gasteiger partial charge < -0.3 is 33.9 Å². The van der Waals surface area contributed by atoms with Crippen molar-refractivity contribution >= 4 is 17.8 Å². The number of esters is 1. The average molecular weight is 384 g/mol. The number of carbonyl (C=O) groups is 3. The second-order valence-electron chi connectivity index (χ2n) is 7.46. The minimum Gasteiger partial charge on any atom is -0.550 e. The van der Waals surface area contributed by atoms with Gasteiger partial charge in [-0.3, -0.25) is 9.59 Å². The van der Waals surface area contributed by atoms with Crippen LogP contribution in [0.3, 0.4) is 0 Å². The van der Waals surface area contributed by atoms with Gasteiger partial charge in [-0.25, -0.2) is 0 Å². The third-order valence-corrected chi connectivity index (χ3v) is 4.94. The van der Waals surface area contributed by atoms with Crippen LogP contribution < -0.4 is 10.4 Å². The molecule has 0 spiro atoms. The van der Waals surface area contributed by atoms with Crippen LogP contribution in [0.2, 0.25) is 0 Å². The number of fused-ring (bicyclic) bond motifs is 2. The van der Waals surface area contributed by atoms with E-state index in [0.717, 1.165) is 0 Å². The minimum atomic E-state index is -1.09. The average Bonchev–Trinajstić information content (AvgIpc) is 3.21. The van der Waals surface area contributed by atoms with Crippen molar-refractivity contribution in [2.75, 3.05) is 54.1 Å². The summed E-state index contributed by atoms with van der Waals surface area (Å²) in [6.07, 6.45) is 2.66. The third-order valence-electron chi connectivity index (χ3n) is 4.94. The van der Waals surface area contributed by atoms with Crippen LogP contribution in [0.5, 0.6) is 0 Å². The monoisotopic (exact) mass is 384 g/mol. The lowest BCUT2D eigenvalue weighted by atomic mass is 9.82. The van der Waals surface area contributed by atoms with Gasteiger partial charge in [0, 0.05) is 19.5 Å². The van der Waals surface area contributed by atoms with Gasteiger partial charge in [0.2, 0.25) is 5.91 Å². The Kier molecular flexibility index (Phi) is 7.34. The zero-order valence-electron chi connectivity index (χ0n) is 16.0. The van der Waals surface area contributed by atoms with E-state index in [1.54, 1.807) is 12.2 Å². The third kappa shape index (κ3) is 5.75. The topological polar surface area (TPSA) is 114 Å². The van der Waals surface area contributed by atoms with Gasteiger partial charge in [-0.1, -0.05) is 12.2 Å². The molecule has 0 aliphatic carbocycles. The molecule has 152 valence electrons. The summed E-state index contributed by atoms with van der Waals surface area (Å²) in [5.41, 5.74) is 0. The highest BCUT2D eigenvalue weighted by molar-refractivity contribution is 5.88. The Morgan fingerprint density at radius 3 is 2.41 bits per heavy atom. The van der Waals surface area contributed by atoms with Crippen LogP contribution in [0, 0.1) is 11.8 Å². The molecule has 0 aromatic rings. The second-order valence-corrected chi connectivity index (χ2v) is 7.46. The van der Waals surface area contributed by atoms with E-state index >= 15 is 0 Å². The van der Waals surface area contributed by atoms with Gasteiger partial charge in [0.15, 0.2) is 0 Å². The summed E-state index contributed by atoms with van der Waals surface area (Å²) in [4.78, 5) is 35.6. The molecule has 2 aliphatic rings.